The first-order chi connectivity index (χ1) is 18.2. The Bertz CT molecular complexity index is 1430. The Kier molecular flexibility index (Phi) is 12.6. The molecule has 0 saturated carbocycles. The van der Waals surface area contributed by atoms with Crippen molar-refractivity contribution in [1.29, 1.82) is 0 Å². The number of aromatic carboxylic acids is 1. The van der Waals surface area contributed by atoms with Crippen LogP contribution in [-0.4, -0.2) is 26.0 Å². The Hall–Kier alpha value is -3.79. The molecule has 1 N–H and O–H groups in total. The van der Waals surface area contributed by atoms with Gasteiger partial charge in [0.1, 0.15) is 0 Å². The van der Waals surface area contributed by atoms with Gasteiger partial charge in [-0.05, 0) is 45.5 Å². The topological polar surface area (TPSA) is 76.0 Å². The minimum atomic E-state index is -0.964. The van der Waals surface area contributed by atoms with E-state index < -0.39 is 29.2 Å². The summed E-state index contributed by atoms with van der Waals surface area (Å²) in [7, 11) is 0. The third-order valence-corrected chi connectivity index (χ3v) is 4.94. The first-order valence-corrected chi connectivity index (χ1v) is 11.4. The van der Waals surface area contributed by atoms with E-state index in [1.54, 1.807) is 48.8 Å². The minimum absolute atomic E-state index is 0. The number of benzene rings is 2. The summed E-state index contributed by atoms with van der Waals surface area (Å²) in [5.74, 6) is -3.54. The average molecular weight is 775 g/mol. The van der Waals surface area contributed by atoms with Crippen molar-refractivity contribution in [3.8, 4) is 22.5 Å². The Morgan fingerprint density at radius 2 is 1.26 bits per heavy atom. The first kappa shape index (κ1) is 31.4. The molecule has 39 heavy (non-hydrogen) atoms. The predicted octanol–water partition coefficient (Wildman–Crippen LogP) is 7.19. The Balaban J connectivity index is 0.000000206. The maximum atomic E-state index is 13.2. The van der Waals surface area contributed by atoms with Gasteiger partial charge in [-0.1, -0.05) is 47.5 Å². The molecule has 2 aromatic carbocycles. The summed E-state index contributed by atoms with van der Waals surface area (Å²) in [6.07, 6.45) is 5.93. The molecule has 0 aliphatic carbocycles. The number of hydrogen-bond acceptors (Lipinski definition) is 4. The van der Waals surface area contributed by atoms with Crippen LogP contribution in [0.3, 0.4) is 0 Å². The summed E-state index contributed by atoms with van der Waals surface area (Å²) < 4.78 is 52.3. The van der Waals surface area contributed by atoms with E-state index in [0.717, 1.165) is 24.3 Å². The van der Waals surface area contributed by atoms with Gasteiger partial charge in [0.05, 0.1) is 5.56 Å². The van der Waals surface area contributed by atoms with E-state index >= 15 is 0 Å². The largest absolute Gasteiger partial charge is 0.478 e. The smallest absolute Gasteiger partial charge is 0.337 e. The number of carboxylic acids is 1. The van der Waals surface area contributed by atoms with Crippen LogP contribution in [-0.2, 0) is 20.1 Å². The van der Waals surface area contributed by atoms with Gasteiger partial charge in [0.15, 0.2) is 0 Å². The minimum Gasteiger partial charge on any atom is -0.478 e. The van der Waals surface area contributed by atoms with Crippen LogP contribution >= 0.6 is 15.9 Å². The molecular weight excluding hydrogens is 758 g/mol. The third-order valence-electron chi connectivity index (χ3n) is 4.51. The summed E-state index contributed by atoms with van der Waals surface area (Å²) in [6, 6.07) is 20.5. The second-order valence-electron chi connectivity index (χ2n) is 7.21. The maximum Gasteiger partial charge on any atom is 0.337 e. The summed E-state index contributed by atoms with van der Waals surface area (Å²) in [5, 5.41) is 8.45. The van der Waals surface area contributed by atoms with Crippen LogP contribution < -0.4 is 0 Å². The fourth-order valence-corrected chi connectivity index (χ4v) is 3.20. The molecule has 3 heterocycles. The molecular formula is C28H16BrF4IrN3O2-2. The van der Waals surface area contributed by atoms with Crippen LogP contribution in [0.1, 0.15) is 10.4 Å². The van der Waals surface area contributed by atoms with Crippen molar-refractivity contribution in [2.24, 2.45) is 0 Å². The molecule has 0 amide bonds. The number of nitrogens with zero attached hydrogens (tertiary/aromatic N) is 3. The molecule has 5 aromatic rings. The summed E-state index contributed by atoms with van der Waals surface area (Å²) in [4.78, 5) is 21.9. The zero-order valence-electron chi connectivity index (χ0n) is 19.6. The van der Waals surface area contributed by atoms with Gasteiger partial charge in [-0.25, -0.2) is 4.79 Å². The quantitative estimate of drug-likeness (QED) is 0.155. The molecule has 0 atom stereocenters. The van der Waals surface area contributed by atoms with E-state index in [1.165, 1.54) is 18.5 Å². The van der Waals surface area contributed by atoms with Crippen LogP contribution in [0, 0.1) is 35.4 Å². The number of rotatable bonds is 3. The summed E-state index contributed by atoms with van der Waals surface area (Å²) >= 11 is 3.10. The van der Waals surface area contributed by atoms with Gasteiger partial charge in [0.2, 0.25) is 0 Å². The number of halogens is 5. The molecule has 0 fully saturated rings. The van der Waals surface area contributed by atoms with Crippen molar-refractivity contribution in [3.63, 3.8) is 0 Å². The van der Waals surface area contributed by atoms with Crippen molar-refractivity contribution < 1.29 is 47.6 Å². The normalized spacial score (nSPS) is 9.67. The number of carbonyl (C=O) groups is 1. The number of hydrogen-bond donors (Lipinski definition) is 1. The Labute approximate surface area is 243 Å². The van der Waals surface area contributed by atoms with E-state index in [-0.39, 0.29) is 36.8 Å². The van der Waals surface area contributed by atoms with Crippen molar-refractivity contribution in [2.75, 3.05) is 0 Å². The zero-order valence-corrected chi connectivity index (χ0v) is 23.6. The molecule has 11 heteroatoms. The summed E-state index contributed by atoms with van der Waals surface area (Å²) in [6.45, 7) is 0. The number of pyridine rings is 3. The molecule has 1 radical (unpaired) electrons. The van der Waals surface area contributed by atoms with Gasteiger partial charge < -0.3 is 15.1 Å². The number of carboxylic acid groups (broad SMARTS) is 1. The molecule has 5 rings (SSSR count). The fourth-order valence-electron chi connectivity index (χ4n) is 2.83. The van der Waals surface area contributed by atoms with Gasteiger partial charge in [0.25, 0.3) is 0 Å². The van der Waals surface area contributed by atoms with Gasteiger partial charge in [0, 0.05) is 72.6 Å². The molecule has 0 spiro atoms. The summed E-state index contributed by atoms with van der Waals surface area (Å²) in [5.41, 5.74) is 1.46. The predicted molar refractivity (Wildman–Crippen MR) is 136 cm³/mol. The second kappa shape index (κ2) is 15.6. The molecule has 0 saturated heterocycles. The molecule has 3 aromatic heterocycles. The van der Waals surface area contributed by atoms with Crippen LogP contribution in [0.4, 0.5) is 17.6 Å². The van der Waals surface area contributed by atoms with Crippen LogP contribution in [0.5, 0.6) is 0 Å². The Morgan fingerprint density at radius 3 is 1.59 bits per heavy atom. The average Bonchev–Trinajstić information content (AvgIpc) is 2.90. The Morgan fingerprint density at radius 1 is 0.769 bits per heavy atom. The van der Waals surface area contributed by atoms with Crippen LogP contribution in [0.2, 0.25) is 0 Å². The first-order valence-electron chi connectivity index (χ1n) is 10.6. The molecule has 0 bridgehead atoms. The third kappa shape index (κ3) is 9.79. The van der Waals surface area contributed by atoms with Crippen molar-refractivity contribution >= 4 is 21.9 Å². The number of aromatic nitrogens is 3. The van der Waals surface area contributed by atoms with Gasteiger partial charge in [-0.3, -0.25) is 22.5 Å². The van der Waals surface area contributed by atoms with Gasteiger partial charge >= 0.3 is 5.97 Å². The fraction of sp³-hybridized carbons (Fsp3) is 0. The van der Waals surface area contributed by atoms with E-state index in [1.807, 2.05) is 0 Å². The zero-order chi connectivity index (χ0) is 27.5. The van der Waals surface area contributed by atoms with Crippen molar-refractivity contribution in [1.82, 2.24) is 15.0 Å². The van der Waals surface area contributed by atoms with Crippen LogP contribution in [0.25, 0.3) is 22.5 Å². The van der Waals surface area contributed by atoms with E-state index in [9.17, 15) is 22.4 Å². The molecule has 0 aliphatic rings. The molecule has 0 unspecified atom stereocenters. The molecule has 201 valence electrons. The van der Waals surface area contributed by atoms with E-state index in [2.05, 4.69) is 43.0 Å². The van der Waals surface area contributed by atoms with E-state index in [4.69, 9.17) is 5.11 Å². The molecule has 0 aliphatic heterocycles. The van der Waals surface area contributed by atoms with Gasteiger partial charge in [-0.2, -0.15) is 0 Å². The second-order valence-corrected chi connectivity index (χ2v) is 8.12. The SMILES string of the molecule is Fc1c[c-]c(-c2ccccn2)c(F)c1.Fc1c[c-]c(-c2ccccn2)c(F)c1.O=C(O)c1cncc(Br)c1.[Ir]. The van der Waals surface area contributed by atoms with Gasteiger partial charge in [-0.15, -0.1) is 24.3 Å². The van der Waals surface area contributed by atoms with E-state index in [0.29, 0.717) is 15.9 Å². The maximum absolute atomic E-state index is 13.2. The van der Waals surface area contributed by atoms with Crippen molar-refractivity contribution in [2.45, 2.75) is 0 Å². The van der Waals surface area contributed by atoms with Crippen LogP contribution in [0.15, 0.2) is 96.0 Å². The van der Waals surface area contributed by atoms with Crippen molar-refractivity contribution in [3.05, 3.63) is 137 Å². The molecule has 5 nitrogen and oxygen atoms in total. The monoisotopic (exact) mass is 774 g/mol. The standard InChI is InChI=1S/2C11H6F2N.C6H4BrNO2.Ir/c2*12-8-4-5-9(10(13)7-8)11-3-1-2-6-14-11;7-5-1-4(6(9)10)2-8-3-5;/h2*1-4,6-7H;1-3H,(H,9,10);/q2*-1;;.